The van der Waals surface area contributed by atoms with Gasteiger partial charge in [-0.25, -0.2) is 14.8 Å². The van der Waals surface area contributed by atoms with Crippen LogP contribution in [0.25, 0.3) is 0 Å². The summed E-state index contributed by atoms with van der Waals surface area (Å²) in [5.74, 6) is 0. The van der Waals surface area contributed by atoms with E-state index in [9.17, 15) is 0 Å². The molecule has 0 aliphatic carbocycles. The predicted octanol–water partition coefficient (Wildman–Crippen LogP) is 2.21. The van der Waals surface area contributed by atoms with Crippen molar-refractivity contribution in [3.8, 4) is 0 Å². The third-order valence-electron chi connectivity index (χ3n) is 2.92. The Morgan fingerprint density at radius 2 is 2.31 bits per heavy atom. The monoisotopic (exact) mass is 242 g/mol. The summed E-state index contributed by atoms with van der Waals surface area (Å²) in [6.07, 6.45) is 1.03. The predicted molar refractivity (Wildman–Crippen MR) is 63.0 cm³/mol. The molecular formula is C11H18N2O2S. The normalized spacial score (nSPS) is 19.7. The van der Waals surface area contributed by atoms with Gasteiger partial charge in [-0.05, 0) is 20.8 Å². The van der Waals surface area contributed by atoms with Gasteiger partial charge in [0.05, 0.1) is 17.8 Å². The summed E-state index contributed by atoms with van der Waals surface area (Å²) in [4.78, 5) is 18.1. The molecule has 0 saturated heterocycles. The van der Waals surface area contributed by atoms with E-state index in [0.29, 0.717) is 13.3 Å². The van der Waals surface area contributed by atoms with Crippen molar-refractivity contribution >= 4 is 11.3 Å². The quantitative estimate of drug-likeness (QED) is 0.460. The van der Waals surface area contributed by atoms with Crippen LogP contribution in [0.15, 0.2) is 5.51 Å². The van der Waals surface area contributed by atoms with Crippen molar-refractivity contribution in [2.45, 2.75) is 39.3 Å². The van der Waals surface area contributed by atoms with Gasteiger partial charge in [0.2, 0.25) is 0 Å². The van der Waals surface area contributed by atoms with E-state index in [4.69, 9.17) is 9.78 Å². The van der Waals surface area contributed by atoms with Gasteiger partial charge < -0.3 is 0 Å². The summed E-state index contributed by atoms with van der Waals surface area (Å²) in [5.41, 5.74) is 3.22. The maximum absolute atomic E-state index is 5.15. The van der Waals surface area contributed by atoms with Crippen molar-refractivity contribution in [1.82, 2.24) is 9.88 Å². The molecule has 16 heavy (non-hydrogen) atoms. The van der Waals surface area contributed by atoms with E-state index in [-0.39, 0.29) is 5.54 Å². The Morgan fingerprint density at radius 1 is 1.50 bits per heavy atom. The maximum atomic E-state index is 5.15. The molecule has 0 saturated carbocycles. The zero-order valence-corrected chi connectivity index (χ0v) is 10.8. The van der Waals surface area contributed by atoms with E-state index in [1.807, 2.05) is 12.4 Å². The molecule has 0 N–H and O–H groups in total. The molecule has 1 aromatic heterocycles. The van der Waals surface area contributed by atoms with E-state index in [2.05, 4.69) is 23.7 Å². The minimum Gasteiger partial charge on any atom is -0.267 e. The Bertz CT molecular complexity index is 352. The Hall–Kier alpha value is -0.490. The van der Waals surface area contributed by atoms with Crippen LogP contribution in [0.3, 0.4) is 0 Å². The Labute approximate surface area is 100 Å². The molecule has 0 amide bonds. The minimum atomic E-state index is 0.108. The molecule has 0 atom stereocenters. The van der Waals surface area contributed by atoms with Crippen LogP contribution in [-0.4, -0.2) is 28.8 Å². The van der Waals surface area contributed by atoms with E-state index in [0.717, 1.165) is 13.0 Å². The fourth-order valence-electron chi connectivity index (χ4n) is 1.87. The summed E-state index contributed by atoms with van der Waals surface area (Å²) in [6.45, 7) is 8.29. The molecule has 0 spiro atoms. The summed E-state index contributed by atoms with van der Waals surface area (Å²) < 4.78 is 0. The molecule has 2 heterocycles. The first-order valence-corrected chi connectivity index (χ1v) is 6.42. The molecule has 90 valence electrons. The molecule has 0 radical (unpaired) electrons. The highest BCUT2D eigenvalue weighted by Crippen LogP contribution is 2.31. The van der Waals surface area contributed by atoms with Crippen LogP contribution in [0.2, 0.25) is 0 Å². The van der Waals surface area contributed by atoms with Crippen LogP contribution in [0, 0.1) is 0 Å². The molecule has 4 nitrogen and oxygen atoms in total. The first kappa shape index (κ1) is 12.0. The summed E-state index contributed by atoms with van der Waals surface area (Å²) in [7, 11) is 0. The van der Waals surface area contributed by atoms with E-state index >= 15 is 0 Å². The standard InChI is InChI=1S/C11H18N2O2S/c1-4-14-15-8-13-6-9-10(16-7-12-9)5-11(13,2)3/h7H,4-6,8H2,1-3H3. The Kier molecular flexibility index (Phi) is 3.59. The van der Waals surface area contributed by atoms with Crippen molar-refractivity contribution in [3.63, 3.8) is 0 Å². The van der Waals surface area contributed by atoms with Gasteiger partial charge in [0, 0.05) is 23.4 Å². The van der Waals surface area contributed by atoms with Gasteiger partial charge in [0.15, 0.2) is 0 Å². The second-order valence-electron chi connectivity index (χ2n) is 4.56. The molecule has 1 aliphatic heterocycles. The van der Waals surface area contributed by atoms with Crippen LogP contribution in [-0.2, 0) is 22.7 Å². The van der Waals surface area contributed by atoms with Crippen LogP contribution >= 0.6 is 11.3 Å². The summed E-state index contributed by atoms with van der Waals surface area (Å²) in [6, 6.07) is 0. The van der Waals surface area contributed by atoms with E-state index in [1.54, 1.807) is 11.3 Å². The molecule has 5 heteroatoms. The van der Waals surface area contributed by atoms with Crippen LogP contribution in [0.1, 0.15) is 31.3 Å². The average Bonchev–Trinajstić information content (AvgIpc) is 2.64. The number of rotatable bonds is 4. The lowest BCUT2D eigenvalue weighted by atomic mass is 9.93. The number of fused-ring (bicyclic) bond motifs is 1. The van der Waals surface area contributed by atoms with Crippen molar-refractivity contribution in [2.24, 2.45) is 0 Å². The fourth-order valence-corrected chi connectivity index (χ4v) is 2.87. The lowest BCUT2D eigenvalue weighted by molar-refractivity contribution is -0.320. The minimum absolute atomic E-state index is 0.108. The fraction of sp³-hybridized carbons (Fsp3) is 0.727. The average molecular weight is 242 g/mol. The number of hydrogen-bond donors (Lipinski definition) is 0. The molecular weight excluding hydrogens is 224 g/mol. The van der Waals surface area contributed by atoms with Crippen LogP contribution < -0.4 is 0 Å². The molecule has 0 aromatic carbocycles. The highest BCUT2D eigenvalue weighted by molar-refractivity contribution is 7.09. The number of nitrogens with zero attached hydrogens (tertiary/aromatic N) is 2. The van der Waals surface area contributed by atoms with Crippen LogP contribution in [0.5, 0.6) is 0 Å². The summed E-state index contributed by atoms with van der Waals surface area (Å²) in [5, 5.41) is 0. The Morgan fingerprint density at radius 3 is 3.06 bits per heavy atom. The van der Waals surface area contributed by atoms with Gasteiger partial charge in [0.1, 0.15) is 6.73 Å². The summed E-state index contributed by atoms with van der Waals surface area (Å²) >= 11 is 1.75. The lowest BCUT2D eigenvalue weighted by Crippen LogP contribution is -2.49. The number of aromatic nitrogens is 1. The molecule has 0 fully saturated rings. The highest BCUT2D eigenvalue weighted by Gasteiger charge is 2.34. The van der Waals surface area contributed by atoms with Gasteiger partial charge in [-0.15, -0.1) is 11.3 Å². The van der Waals surface area contributed by atoms with Gasteiger partial charge in [-0.3, -0.25) is 4.90 Å². The van der Waals surface area contributed by atoms with Gasteiger partial charge >= 0.3 is 0 Å². The Balaban J connectivity index is 2.03. The molecule has 1 aliphatic rings. The lowest BCUT2D eigenvalue weighted by Gasteiger charge is -2.40. The zero-order chi connectivity index (χ0) is 11.6. The SMILES string of the molecule is CCOOCN1Cc2ncsc2CC1(C)C. The third-order valence-corrected chi connectivity index (χ3v) is 3.80. The highest BCUT2D eigenvalue weighted by atomic mass is 32.1. The number of thiazole rings is 1. The molecule has 1 aromatic rings. The largest absolute Gasteiger partial charge is 0.267 e. The van der Waals surface area contributed by atoms with Gasteiger partial charge in [0.25, 0.3) is 0 Å². The second-order valence-corrected chi connectivity index (χ2v) is 5.50. The van der Waals surface area contributed by atoms with Crippen molar-refractivity contribution < 1.29 is 9.78 Å². The third kappa shape index (κ3) is 2.43. The topological polar surface area (TPSA) is 34.6 Å². The van der Waals surface area contributed by atoms with Crippen LogP contribution in [0.4, 0.5) is 0 Å². The first-order valence-electron chi connectivity index (χ1n) is 5.54. The van der Waals surface area contributed by atoms with Crippen molar-refractivity contribution in [3.05, 3.63) is 16.1 Å². The van der Waals surface area contributed by atoms with E-state index in [1.165, 1.54) is 10.6 Å². The molecule has 0 unspecified atom stereocenters. The smallest absolute Gasteiger partial charge is 0.136 e. The molecule has 0 bridgehead atoms. The maximum Gasteiger partial charge on any atom is 0.136 e. The first-order chi connectivity index (χ1) is 7.63. The van der Waals surface area contributed by atoms with Gasteiger partial charge in [-0.1, -0.05) is 0 Å². The second kappa shape index (κ2) is 4.79. The molecule has 2 rings (SSSR count). The number of hydrogen-bond acceptors (Lipinski definition) is 5. The van der Waals surface area contributed by atoms with Gasteiger partial charge in [-0.2, -0.15) is 0 Å². The van der Waals surface area contributed by atoms with Crippen molar-refractivity contribution in [2.75, 3.05) is 13.3 Å². The zero-order valence-electron chi connectivity index (χ0n) is 10.0. The van der Waals surface area contributed by atoms with E-state index < -0.39 is 0 Å². The van der Waals surface area contributed by atoms with Crippen molar-refractivity contribution in [1.29, 1.82) is 0 Å².